The highest BCUT2D eigenvalue weighted by Gasteiger charge is 2.13. The van der Waals surface area contributed by atoms with Crippen LogP contribution in [-0.4, -0.2) is 27.7 Å². The Hall–Kier alpha value is -2.84. The summed E-state index contributed by atoms with van der Waals surface area (Å²) in [7, 11) is -3.21. The Labute approximate surface area is 166 Å². The van der Waals surface area contributed by atoms with E-state index in [-0.39, 0.29) is 6.79 Å². The molecule has 0 amide bonds. The second-order valence-corrected chi connectivity index (χ2v) is 9.15. The van der Waals surface area contributed by atoms with Crippen molar-refractivity contribution in [2.75, 3.05) is 13.0 Å². The number of thiophene rings is 1. The van der Waals surface area contributed by atoms with E-state index in [0.29, 0.717) is 17.3 Å². The van der Waals surface area contributed by atoms with Gasteiger partial charge in [-0.25, -0.2) is 8.42 Å². The van der Waals surface area contributed by atoms with Crippen molar-refractivity contribution in [3.63, 3.8) is 0 Å². The molecule has 144 valence electrons. The molecular weight excluding hydrogens is 398 g/mol. The second kappa shape index (κ2) is 7.65. The smallest absolute Gasteiger partial charge is 0.231 e. The van der Waals surface area contributed by atoms with Crippen LogP contribution < -0.4 is 9.47 Å². The summed E-state index contributed by atoms with van der Waals surface area (Å²) in [6.07, 6.45) is 2.86. The van der Waals surface area contributed by atoms with E-state index in [9.17, 15) is 8.42 Å². The zero-order chi connectivity index (χ0) is 19.6. The number of benzene rings is 2. The molecule has 1 aromatic heterocycles. The number of hydrogen-bond acceptors (Lipinski definition) is 7. The maximum atomic E-state index is 11.6. The SMILES string of the molecule is CS(=O)(=O)c1ccc(-c2ccsc2/C=N\OCc2ccc3c(c2)OCO3)cc1. The van der Waals surface area contributed by atoms with Crippen molar-refractivity contribution in [1.82, 2.24) is 0 Å². The summed E-state index contributed by atoms with van der Waals surface area (Å²) in [6, 6.07) is 14.4. The van der Waals surface area contributed by atoms with E-state index < -0.39 is 9.84 Å². The first-order valence-corrected chi connectivity index (χ1v) is 11.2. The van der Waals surface area contributed by atoms with Gasteiger partial charge in [0.25, 0.3) is 0 Å². The van der Waals surface area contributed by atoms with Gasteiger partial charge in [0.05, 0.1) is 16.0 Å². The average Bonchev–Trinajstić information content (AvgIpc) is 3.33. The number of ether oxygens (including phenoxy) is 2. The van der Waals surface area contributed by atoms with Gasteiger partial charge in [-0.05, 0) is 46.8 Å². The van der Waals surface area contributed by atoms with Crippen molar-refractivity contribution >= 4 is 27.4 Å². The maximum absolute atomic E-state index is 11.6. The fourth-order valence-corrected chi connectivity index (χ4v) is 4.17. The van der Waals surface area contributed by atoms with Crippen LogP contribution in [-0.2, 0) is 21.3 Å². The van der Waals surface area contributed by atoms with Gasteiger partial charge < -0.3 is 14.3 Å². The highest BCUT2D eigenvalue weighted by atomic mass is 32.2. The number of nitrogens with zero attached hydrogens (tertiary/aromatic N) is 1. The maximum Gasteiger partial charge on any atom is 0.231 e. The topological polar surface area (TPSA) is 74.2 Å². The van der Waals surface area contributed by atoms with E-state index in [0.717, 1.165) is 27.3 Å². The molecule has 4 rings (SSSR count). The van der Waals surface area contributed by atoms with Crippen molar-refractivity contribution in [2.24, 2.45) is 5.16 Å². The van der Waals surface area contributed by atoms with Gasteiger partial charge in [-0.15, -0.1) is 11.3 Å². The predicted molar refractivity (Wildman–Crippen MR) is 108 cm³/mol. The van der Waals surface area contributed by atoms with E-state index >= 15 is 0 Å². The quantitative estimate of drug-likeness (QED) is 0.448. The molecule has 1 aliphatic heterocycles. The molecule has 0 N–H and O–H groups in total. The van der Waals surface area contributed by atoms with Crippen LogP contribution in [0.3, 0.4) is 0 Å². The first-order valence-electron chi connectivity index (χ1n) is 8.42. The minimum absolute atomic E-state index is 0.240. The summed E-state index contributed by atoms with van der Waals surface area (Å²) in [6.45, 7) is 0.557. The largest absolute Gasteiger partial charge is 0.454 e. The number of hydrogen-bond donors (Lipinski definition) is 0. The molecule has 0 spiro atoms. The van der Waals surface area contributed by atoms with Gasteiger partial charge in [0.2, 0.25) is 6.79 Å². The monoisotopic (exact) mass is 415 g/mol. The molecule has 0 bridgehead atoms. The molecular formula is C20H17NO5S2. The Bertz CT molecular complexity index is 1120. The third kappa shape index (κ3) is 4.02. The molecule has 2 aromatic carbocycles. The van der Waals surface area contributed by atoms with Gasteiger partial charge in [0.15, 0.2) is 21.3 Å². The third-order valence-electron chi connectivity index (χ3n) is 4.20. The summed E-state index contributed by atoms with van der Waals surface area (Å²) >= 11 is 1.53. The van der Waals surface area contributed by atoms with Gasteiger partial charge in [-0.1, -0.05) is 23.4 Å². The van der Waals surface area contributed by atoms with Gasteiger partial charge in [0, 0.05) is 11.8 Å². The van der Waals surface area contributed by atoms with E-state index in [1.165, 1.54) is 17.6 Å². The second-order valence-electron chi connectivity index (χ2n) is 6.19. The van der Waals surface area contributed by atoms with Gasteiger partial charge in [0.1, 0.15) is 6.61 Å². The first-order chi connectivity index (χ1) is 13.5. The van der Waals surface area contributed by atoms with Crippen LogP contribution in [0.15, 0.2) is 64.0 Å². The third-order valence-corrected chi connectivity index (χ3v) is 6.18. The molecule has 6 nitrogen and oxygen atoms in total. The molecule has 1 aliphatic rings. The molecule has 0 saturated heterocycles. The van der Waals surface area contributed by atoms with E-state index in [1.807, 2.05) is 29.6 Å². The fourth-order valence-electron chi connectivity index (χ4n) is 2.77. The first kappa shape index (κ1) is 18.5. The lowest BCUT2D eigenvalue weighted by atomic mass is 10.1. The minimum atomic E-state index is -3.21. The number of sulfone groups is 1. The van der Waals surface area contributed by atoms with Crippen LogP contribution >= 0.6 is 11.3 Å². The molecule has 0 fully saturated rings. The van der Waals surface area contributed by atoms with Crippen LogP contribution in [0.2, 0.25) is 0 Å². The molecule has 28 heavy (non-hydrogen) atoms. The van der Waals surface area contributed by atoms with Gasteiger partial charge in [-0.3, -0.25) is 0 Å². The van der Waals surface area contributed by atoms with Gasteiger partial charge in [-0.2, -0.15) is 0 Å². The normalized spacial score (nSPS) is 13.2. The van der Waals surface area contributed by atoms with Crippen molar-refractivity contribution in [1.29, 1.82) is 0 Å². The van der Waals surface area contributed by atoms with Crippen LogP contribution in [0.25, 0.3) is 11.1 Å². The average molecular weight is 415 g/mol. The van der Waals surface area contributed by atoms with Crippen LogP contribution in [0, 0.1) is 0 Å². The summed E-state index contributed by atoms with van der Waals surface area (Å²) < 4.78 is 33.8. The summed E-state index contributed by atoms with van der Waals surface area (Å²) in [5.41, 5.74) is 2.83. The number of fused-ring (bicyclic) bond motifs is 1. The molecule has 0 atom stereocenters. The predicted octanol–water partition coefficient (Wildman–Crippen LogP) is 4.10. The highest BCUT2D eigenvalue weighted by Crippen LogP contribution is 2.32. The number of oxime groups is 1. The molecule has 8 heteroatoms. The van der Waals surface area contributed by atoms with Crippen molar-refractivity contribution in [2.45, 2.75) is 11.5 Å². The number of rotatable bonds is 6. The lowest BCUT2D eigenvalue weighted by Gasteiger charge is -2.03. The summed E-state index contributed by atoms with van der Waals surface area (Å²) in [5.74, 6) is 1.44. The van der Waals surface area contributed by atoms with Crippen LogP contribution in [0.1, 0.15) is 10.4 Å². The van der Waals surface area contributed by atoms with E-state index in [2.05, 4.69) is 5.16 Å². The lowest BCUT2D eigenvalue weighted by molar-refractivity contribution is 0.132. The molecule has 0 saturated carbocycles. The Morgan fingerprint density at radius 1 is 1.11 bits per heavy atom. The molecule has 0 radical (unpaired) electrons. The zero-order valence-electron chi connectivity index (χ0n) is 15.0. The van der Waals surface area contributed by atoms with Crippen LogP contribution in [0.4, 0.5) is 0 Å². The fraction of sp³-hybridized carbons (Fsp3) is 0.150. The van der Waals surface area contributed by atoms with E-state index in [4.69, 9.17) is 14.3 Å². The Balaban J connectivity index is 1.43. The summed E-state index contributed by atoms with van der Waals surface area (Å²) in [4.78, 5) is 6.64. The Kier molecular flexibility index (Phi) is 5.06. The zero-order valence-corrected chi connectivity index (χ0v) is 16.6. The summed E-state index contributed by atoms with van der Waals surface area (Å²) in [5, 5.41) is 6.02. The van der Waals surface area contributed by atoms with E-state index in [1.54, 1.807) is 30.5 Å². The highest BCUT2D eigenvalue weighted by molar-refractivity contribution is 7.90. The molecule has 0 unspecified atom stereocenters. The standard InChI is InChI=1S/C20H17NO5S2/c1-28(22,23)16-5-3-15(4-6-16)17-8-9-27-20(17)11-21-26-12-14-2-7-18-19(10-14)25-13-24-18/h2-11H,12-13H2,1H3/b21-11-. The molecule has 0 aliphatic carbocycles. The van der Waals surface area contributed by atoms with Crippen LogP contribution in [0.5, 0.6) is 11.5 Å². The molecule has 2 heterocycles. The molecule has 3 aromatic rings. The van der Waals surface area contributed by atoms with Crippen molar-refractivity contribution < 1.29 is 22.7 Å². The van der Waals surface area contributed by atoms with Crippen molar-refractivity contribution in [3.05, 3.63) is 64.4 Å². The minimum Gasteiger partial charge on any atom is -0.454 e. The van der Waals surface area contributed by atoms with Gasteiger partial charge >= 0.3 is 0 Å². The Morgan fingerprint density at radius 3 is 2.68 bits per heavy atom. The Morgan fingerprint density at radius 2 is 1.89 bits per heavy atom. The lowest BCUT2D eigenvalue weighted by Crippen LogP contribution is -1.96. The van der Waals surface area contributed by atoms with Crippen molar-refractivity contribution in [3.8, 4) is 22.6 Å².